The highest BCUT2D eigenvalue weighted by atomic mass is 16.5. The molecule has 0 spiro atoms. The Bertz CT molecular complexity index is 1200. The van der Waals surface area contributed by atoms with Crippen LogP contribution in [0.25, 0.3) is 22.3 Å². The van der Waals surface area contributed by atoms with Gasteiger partial charge in [-0.3, -0.25) is 0 Å². The molecule has 0 unspecified atom stereocenters. The van der Waals surface area contributed by atoms with Gasteiger partial charge >= 0.3 is 0 Å². The average molecular weight is 498 g/mol. The van der Waals surface area contributed by atoms with E-state index in [1.165, 1.54) is 51.8 Å². The van der Waals surface area contributed by atoms with Gasteiger partial charge in [0.25, 0.3) is 0 Å². The third-order valence-electron chi connectivity index (χ3n) is 8.23. The molecule has 1 aliphatic carbocycles. The normalized spacial score (nSPS) is 16.0. The number of nitrogens with one attached hydrogen (secondary N) is 1. The van der Waals surface area contributed by atoms with E-state index in [-0.39, 0.29) is 10.8 Å². The maximum atomic E-state index is 6.46. The number of unbranched alkanes of at least 4 members (excludes halogenated alkanes) is 1. The van der Waals surface area contributed by atoms with Crippen molar-refractivity contribution >= 4 is 0 Å². The van der Waals surface area contributed by atoms with Gasteiger partial charge in [0.1, 0.15) is 5.75 Å². The minimum absolute atomic E-state index is 0.178. The van der Waals surface area contributed by atoms with Crippen molar-refractivity contribution in [2.45, 2.75) is 97.4 Å². The Hall–Kier alpha value is -2.58. The summed E-state index contributed by atoms with van der Waals surface area (Å²) in [6, 6.07) is 23.3. The van der Waals surface area contributed by atoms with E-state index >= 15 is 0 Å². The third-order valence-corrected chi connectivity index (χ3v) is 8.23. The molecule has 0 aliphatic heterocycles. The Morgan fingerprint density at radius 3 is 2.19 bits per heavy atom. The van der Waals surface area contributed by atoms with Crippen LogP contribution in [-0.2, 0) is 17.3 Å². The van der Waals surface area contributed by atoms with Crippen molar-refractivity contribution < 1.29 is 4.74 Å². The second-order valence-corrected chi connectivity index (χ2v) is 12.4. The van der Waals surface area contributed by atoms with E-state index in [0.29, 0.717) is 6.04 Å². The molecule has 1 aliphatic rings. The fourth-order valence-corrected chi connectivity index (χ4v) is 5.72. The van der Waals surface area contributed by atoms with E-state index in [1.807, 2.05) is 0 Å². The maximum Gasteiger partial charge on any atom is 0.127 e. The predicted molar refractivity (Wildman–Crippen MR) is 160 cm³/mol. The van der Waals surface area contributed by atoms with E-state index in [9.17, 15) is 0 Å². The van der Waals surface area contributed by atoms with Crippen LogP contribution in [0.4, 0.5) is 0 Å². The third kappa shape index (κ3) is 6.29. The van der Waals surface area contributed by atoms with Gasteiger partial charge in [0.2, 0.25) is 0 Å². The topological polar surface area (TPSA) is 21.3 Å². The molecule has 1 N–H and O–H groups in total. The molecule has 0 aromatic heterocycles. The molecule has 0 saturated carbocycles. The Labute approximate surface area is 225 Å². The summed E-state index contributed by atoms with van der Waals surface area (Å²) in [4.78, 5) is 0. The van der Waals surface area contributed by atoms with Crippen LogP contribution in [0, 0.1) is 0 Å². The molecular formula is C35H47NO. The lowest BCUT2D eigenvalue weighted by Gasteiger charge is -2.42. The van der Waals surface area contributed by atoms with Crippen LogP contribution in [0.1, 0.15) is 90.8 Å². The number of rotatable bonds is 10. The summed E-state index contributed by atoms with van der Waals surface area (Å²) in [5.74, 6) is 0.988. The monoisotopic (exact) mass is 497 g/mol. The van der Waals surface area contributed by atoms with Crippen LogP contribution in [0.3, 0.4) is 0 Å². The first-order valence-electron chi connectivity index (χ1n) is 14.4. The lowest BCUT2D eigenvalue weighted by molar-refractivity contribution is 0.306. The summed E-state index contributed by atoms with van der Waals surface area (Å²) in [5, 5.41) is 3.51. The van der Waals surface area contributed by atoms with E-state index < -0.39 is 0 Å². The lowest BCUT2D eigenvalue weighted by Crippen LogP contribution is -2.33. The van der Waals surface area contributed by atoms with Crippen molar-refractivity contribution in [1.82, 2.24) is 5.32 Å². The number of aryl methyl sites for hydroxylation is 1. The van der Waals surface area contributed by atoms with Crippen molar-refractivity contribution in [3.8, 4) is 28.0 Å². The molecule has 0 amide bonds. The molecular weight excluding hydrogens is 450 g/mol. The second-order valence-electron chi connectivity index (χ2n) is 12.4. The zero-order chi connectivity index (χ0) is 26.6. The summed E-state index contributed by atoms with van der Waals surface area (Å²) < 4.78 is 6.46. The van der Waals surface area contributed by atoms with Crippen LogP contribution >= 0.6 is 0 Å². The van der Waals surface area contributed by atoms with Crippen LogP contribution in [-0.4, -0.2) is 19.2 Å². The highest BCUT2D eigenvalue weighted by Gasteiger charge is 2.37. The Kier molecular flexibility index (Phi) is 8.49. The summed E-state index contributed by atoms with van der Waals surface area (Å²) in [7, 11) is 0. The molecule has 3 aromatic rings. The molecule has 0 heterocycles. The lowest BCUT2D eigenvalue weighted by atomic mass is 9.63. The van der Waals surface area contributed by atoms with Gasteiger partial charge in [-0.15, -0.1) is 0 Å². The summed E-state index contributed by atoms with van der Waals surface area (Å²) >= 11 is 0. The first-order chi connectivity index (χ1) is 17.6. The standard InChI is InChI=1S/C35H47NO/c1-8-26-13-9-10-14-29(26)27-16-18-33(37-22-12-11-21-36-25(2)3)30(23-27)28-15-17-31-32(24-28)35(6,7)20-19-34(31,4)5/h9-10,13-18,23-25,36H,8,11-12,19-22H2,1-7H3. The number of hydrogen-bond acceptors (Lipinski definition) is 2. The first kappa shape index (κ1) is 27.5. The van der Waals surface area contributed by atoms with Crippen LogP contribution < -0.4 is 10.1 Å². The molecule has 198 valence electrons. The van der Waals surface area contributed by atoms with Crippen molar-refractivity contribution in [3.05, 3.63) is 77.4 Å². The predicted octanol–water partition coefficient (Wildman–Crippen LogP) is 9.09. The van der Waals surface area contributed by atoms with Gasteiger partial charge in [-0.05, 0) is 95.0 Å². The van der Waals surface area contributed by atoms with Gasteiger partial charge in [0.05, 0.1) is 6.61 Å². The Morgan fingerprint density at radius 1 is 0.784 bits per heavy atom. The Morgan fingerprint density at radius 2 is 1.46 bits per heavy atom. The van der Waals surface area contributed by atoms with Gasteiger partial charge in [-0.25, -0.2) is 0 Å². The number of benzene rings is 3. The quantitative estimate of drug-likeness (QED) is 0.282. The molecule has 0 fully saturated rings. The Balaban J connectivity index is 1.72. The average Bonchev–Trinajstić information content (AvgIpc) is 2.88. The largest absolute Gasteiger partial charge is 0.493 e. The molecule has 0 bridgehead atoms. The van der Waals surface area contributed by atoms with Gasteiger partial charge in [-0.2, -0.15) is 0 Å². The smallest absolute Gasteiger partial charge is 0.127 e. The van der Waals surface area contributed by atoms with Gasteiger partial charge in [0, 0.05) is 11.6 Å². The van der Waals surface area contributed by atoms with Crippen molar-refractivity contribution in [2.24, 2.45) is 0 Å². The summed E-state index contributed by atoms with van der Waals surface area (Å²) in [6.45, 7) is 18.0. The van der Waals surface area contributed by atoms with E-state index in [0.717, 1.165) is 38.2 Å². The minimum atomic E-state index is 0.178. The van der Waals surface area contributed by atoms with Crippen molar-refractivity contribution in [2.75, 3.05) is 13.2 Å². The molecule has 0 atom stereocenters. The number of fused-ring (bicyclic) bond motifs is 1. The molecule has 2 nitrogen and oxygen atoms in total. The number of ether oxygens (including phenoxy) is 1. The van der Waals surface area contributed by atoms with Gasteiger partial charge < -0.3 is 10.1 Å². The van der Waals surface area contributed by atoms with E-state index in [2.05, 4.69) is 114 Å². The SMILES string of the molecule is CCc1ccccc1-c1ccc(OCCCCNC(C)C)c(-c2ccc3c(c2)C(C)(C)CCC3(C)C)c1. The fourth-order valence-electron chi connectivity index (χ4n) is 5.72. The fraction of sp³-hybridized carbons (Fsp3) is 0.486. The highest BCUT2D eigenvalue weighted by Crippen LogP contribution is 2.47. The van der Waals surface area contributed by atoms with Gasteiger partial charge in [0.15, 0.2) is 0 Å². The molecule has 0 saturated heterocycles. The minimum Gasteiger partial charge on any atom is -0.493 e. The molecule has 4 rings (SSSR count). The molecule has 0 radical (unpaired) electrons. The zero-order valence-electron chi connectivity index (χ0n) is 24.2. The summed E-state index contributed by atoms with van der Waals surface area (Å²) in [6.07, 6.45) is 5.64. The second kappa shape index (κ2) is 11.4. The van der Waals surface area contributed by atoms with E-state index in [1.54, 1.807) is 0 Å². The molecule has 37 heavy (non-hydrogen) atoms. The maximum absolute atomic E-state index is 6.46. The van der Waals surface area contributed by atoms with Crippen LogP contribution in [0.5, 0.6) is 5.75 Å². The summed E-state index contributed by atoms with van der Waals surface area (Å²) in [5.41, 5.74) is 9.81. The number of hydrogen-bond donors (Lipinski definition) is 1. The van der Waals surface area contributed by atoms with Crippen molar-refractivity contribution in [3.63, 3.8) is 0 Å². The van der Waals surface area contributed by atoms with E-state index in [4.69, 9.17) is 4.74 Å². The van der Waals surface area contributed by atoms with Crippen LogP contribution in [0.2, 0.25) is 0 Å². The first-order valence-corrected chi connectivity index (χ1v) is 14.4. The highest BCUT2D eigenvalue weighted by molar-refractivity contribution is 5.79. The van der Waals surface area contributed by atoms with Gasteiger partial charge in [-0.1, -0.05) is 97.0 Å². The zero-order valence-corrected chi connectivity index (χ0v) is 24.2. The van der Waals surface area contributed by atoms with Crippen molar-refractivity contribution in [1.29, 1.82) is 0 Å². The molecule has 2 heteroatoms. The molecule has 3 aromatic carbocycles. The van der Waals surface area contributed by atoms with Crippen LogP contribution in [0.15, 0.2) is 60.7 Å².